The Hall–Kier alpha value is -3.17. The fraction of sp³-hybridized carbons (Fsp3) is 0.409. The third kappa shape index (κ3) is 6.94. The number of furan rings is 1. The molecule has 0 bridgehead atoms. The predicted octanol–water partition coefficient (Wildman–Crippen LogP) is 2.06. The number of hydrogen-bond donors (Lipinski definition) is 5. The van der Waals surface area contributed by atoms with Gasteiger partial charge in [0.1, 0.15) is 5.76 Å². The normalized spacial score (nSPS) is 12.6. The molecule has 0 aliphatic heterocycles. The number of aliphatic hydroxyl groups is 1. The van der Waals surface area contributed by atoms with Crippen molar-refractivity contribution in [2.24, 2.45) is 11.8 Å². The third-order valence-electron chi connectivity index (χ3n) is 4.98. The van der Waals surface area contributed by atoms with Crippen molar-refractivity contribution >= 4 is 17.7 Å². The van der Waals surface area contributed by atoms with Crippen LogP contribution in [0.2, 0.25) is 0 Å². The summed E-state index contributed by atoms with van der Waals surface area (Å²) in [6.45, 7) is 1.24. The van der Waals surface area contributed by atoms with Crippen molar-refractivity contribution in [3.8, 4) is 11.3 Å². The molecule has 0 aliphatic rings. The molecule has 0 saturated heterocycles. The lowest BCUT2D eigenvalue weighted by Crippen LogP contribution is -2.46. The van der Waals surface area contributed by atoms with Crippen LogP contribution in [0.5, 0.6) is 0 Å². The summed E-state index contributed by atoms with van der Waals surface area (Å²) in [5, 5.41) is 23.5. The van der Waals surface area contributed by atoms with Crippen LogP contribution in [-0.2, 0) is 9.59 Å². The highest BCUT2D eigenvalue weighted by Crippen LogP contribution is 2.22. The Bertz CT molecular complexity index is 852. The van der Waals surface area contributed by atoms with E-state index in [9.17, 15) is 19.5 Å². The van der Waals surface area contributed by atoms with E-state index in [1.54, 1.807) is 12.1 Å². The summed E-state index contributed by atoms with van der Waals surface area (Å²) < 4.78 is 5.57. The van der Waals surface area contributed by atoms with Crippen LogP contribution in [0.25, 0.3) is 11.3 Å². The molecule has 0 aliphatic carbocycles. The Balaban J connectivity index is 1.93. The van der Waals surface area contributed by atoms with Crippen LogP contribution < -0.4 is 16.1 Å². The van der Waals surface area contributed by atoms with E-state index in [1.807, 2.05) is 37.3 Å². The number of hydrogen-bond acceptors (Lipinski definition) is 6. The van der Waals surface area contributed by atoms with Crippen molar-refractivity contribution in [2.75, 3.05) is 13.3 Å². The minimum Gasteiger partial charge on any atom is -0.451 e. The second kappa shape index (κ2) is 12.5. The van der Waals surface area contributed by atoms with E-state index in [4.69, 9.17) is 9.62 Å². The summed E-state index contributed by atoms with van der Waals surface area (Å²) in [5.41, 5.74) is 2.33. The van der Waals surface area contributed by atoms with Crippen LogP contribution in [0.3, 0.4) is 0 Å². The fourth-order valence-electron chi connectivity index (χ4n) is 3.25. The highest BCUT2D eigenvalue weighted by atomic mass is 16.5. The van der Waals surface area contributed by atoms with E-state index in [-0.39, 0.29) is 12.4 Å². The molecule has 2 atom stereocenters. The van der Waals surface area contributed by atoms with Crippen LogP contribution in [0.15, 0.2) is 46.9 Å². The smallest absolute Gasteiger partial charge is 0.288 e. The monoisotopic (exact) mass is 431 g/mol. The minimum absolute atomic E-state index is 0.0977. The Morgan fingerprint density at radius 1 is 0.968 bits per heavy atom. The molecule has 168 valence electrons. The van der Waals surface area contributed by atoms with Crippen molar-refractivity contribution in [3.05, 3.63) is 48.2 Å². The zero-order valence-electron chi connectivity index (χ0n) is 17.5. The van der Waals surface area contributed by atoms with E-state index in [0.29, 0.717) is 18.6 Å². The summed E-state index contributed by atoms with van der Waals surface area (Å²) in [4.78, 5) is 36.7. The molecule has 5 N–H and O–H groups in total. The SMILES string of the molecule is CCCCC[C@@H](C(=O)NCNC(=O)c1ccc(-c2ccccc2)o1)[C@@H](CO)C(=O)NO. The molecule has 0 saturated carbocycles. The van der Waals surface area contributed by atoms with Crippen LogP contribution >= 0.6 is 0 Å². The van der Waals surface area contributed by atoms with Gasteiger partial charge in [0.25, 0.3) is 5.91 Å². The lowest BCUT2D eigenvalue weighted by atomic mass is 9.86. The minimum atomic E-state index is -1.09. The first-order valence-corrected chi connectivity index (χ1v) is 10.3. The van der Waals surface area contributed by atoms with Crippen molar-refractivity contribution in [3.63, 3.8) is 0 Å². The van der Waals surface area contributed by atoms with E-state index in [2.05, 4.69) is 10.6 Å². The summed E-state index contributed by atoms with van der Waals surface area (Å²) in [6.07, 6.45) is 2.84. The van der Waals surface area contributed by atoms with Crippen LogP contribution in [0.4, 0.5) is 0 Å². The van der Waals surface area contributed by atoms with Gasteiger partial charge in [-0.1, -0.05) is 56.5 Å². The number of carbonyl (C=O) groups excluding carboxylic acids is 3. The molecule has 1 aromatic heterocycles. The average Bonchev–Trinajstić information content (AvgIpc) is 3.29. The van der Waals surface area contributed by atoms with Gasteiger partial charge >= 0.3 is 0 Å². The number of amides is 3. The molecular formula is C22H29N3O6. The van der Waals surface area contributed by atoms with Gasteiger partial charge in [0, 0.05) is 5.56 Å². The van der Waals surface area contributed by atoms with Gasteiger partial charge in [-0.3, -0.25) is 19.6 Å². The van der Waals surface area contributed by atoms with Crippen molar-refractivity contribution in [2.45, 2.75) is 32.6 Å². The van der Waals surface area contributed by atoms with E-state index in [0.717, 1.165) is 18.4 Å². The number of carbonyl (C=O) groups is 3. The largest absolute Gasteiger partial charge is 0.451 e. The number of benzene rings is 1. The highest BCUT2D eigenvalue weighted by molar-refractivity contribution is 5.92. The maximum atomic E-state index is 12.6. The molecule has 2 aromatic rings. The Morgan fingerprint density at radius 3 is 2.35 bits per heavy atom. The number of hydroxylamine groups is 1. The number of unbranched alkanes of at least 4 members (excludes halogenated alkanes) is 2. The van der Waals surface area contributed by atoms with E-state index >= 15 is 0 Å². The zero-order chi connectivity index (χ0) is 22.6. The highest BCUT2D eigenvalue weighted by Gasteiger charge is 2.32. The lowest BCUT2D eigenvalue weighted by molar-refractivity contribution is -0.142. The summed E-state index contributed by atoms with van der Waals surface area (Å²) >= 11 is 0. The predicted molar refractivity (Wildman–Crippen MR) is 113 cm³/mol. The van der Waals surface area contributed by atoms with Gasteiger partial charge in [-0.25, -0.2) is 5.48 Å². The second-order valence-corrected chi connectivity index (χ2v) is 7.12. The Kier molecular flexibility index (Phi) is 9.73. The third-order valence-corrected chi connectivity index (χ3v) is 4.98. The standard InChI is InChI=1S/C22H29N3O6/c1-2-3-5-10-16(17(13-26)21(28)25-30)20(27)23-14-24-22(29)19-12-11-18(31-19)15-8-6-4-7-9-15/h4,6-9,11-12,16-17,26,30H,2-3,5,10,13-14H2,1H3,(H,23,27)(H,24,29)(H,25,28)/t16-,17-/m1/s1. The summed E-state index contributed by atoms with van der Waals surface area (Å²) in [7, 11) is 0. The molecule has 0 fully saturated rings. The van der Waals surface area contributed by atoms with Crippen molar-refractivity contribution < 1.29 is 29.1 Å². The van der Waals surface area contributed by atoms with Gasteiger partial charge < -0.3 is 20.2 Å². The molecule has 3 amide bonds. The maximum absolute atomic E-state index is 12.6. The number of rotatable bonds is 12. The van der Waals surface area contributed by atoms with Gasteiger partial charge in [-0.2, -0.15) is 0 Å². The summed E-state index contributed by atoms with van der Waals surface area (Å²) in [5.74, 6) is -3.11. The van der Waals surface area contributed by atoms with Crippen molar-refractivity contribution in [1.29, 1.82) is 0 Å². The van der Waals surface area contributed by atoms with Gasteiger partial charge in [-0.15, -0.1) is 0 Å². The molecule has 31 heavy (non-hydrogen) atoms. The van der Waals surface area contributed by atoms with Crippen LogP contribution in [0.1, 0.15) is 43.2 Å². The van der Waals surface area contributed by atoms with Gasteiger partial charge in [0.2, 0.25) is 11.8 Å². The molecule has 9 heteroatoms. The second-order valence-electron chi connectivity index (χ2n) is 7.12. The first-order valence-electron chi connectivity index (χ1n) is 10.3. The van der Waals surface area contributed by atoms with E-state index < -0.39 is 36.2 Å². The topological polar surface area (TPSA) is 141 Å². The molecule has 1 aromatic carbocycles. The Morgan fingerprint density at radius 2 is 1.71 bits per heavy atom. The molecule has 0 unspecified atom stereocenters. The maximum Gasteiger partial charge on any atom is 0.288 e. The quantitative estimate of drug-likeness (QED) is 0.151. The number of nitrogens with one attached hydrogen (secondary N) is 3. The first kappa shape index (κ1) is 24.1. The fourth-order valence-corrected chi connectivity index (χ4v) is 3.25. The lowest BCUT2D eigenvalue weighted by Gasteiger charge is -2.23. The van der Waals surface area contributed by atoms with Crippen LogP contribution in [0, 0.1) is 11.8 Å². The Labute approximate surface area is 180 Å². The summed E-state index contributed by atoms with van der Waals surface area (Å²) in [6, 6.07) is 12.6. The molecule has 1 heterocycles. The van der Waals surface area contributed by atoms with Gasteiger partial charge in [0.05, 0.1) is 25.1 Å². The zero-order valence-corrected chi connectivity index (χ0v) is 17.5. The molecule has 9 nitrogen and oxygen atoms in total. The number of aliphatic hydroxyl groups excluding tert-OH is 1. The van der Waals surface area contributed by atoms with Crippen LogP contribution in [-0.4, -0.2) is 41.3 Å². The van der Waals surface area contributed by atoms with Gasteiger partial charge in [0.15, 0.2) is 5.76 Å². The molecular weight excluding hydrogens is 402 g/mol. The molecule has 2 rings (SSSR count). The average molecular weight is 431 g/mol. The van der Waals surface area contributed by atoms with Crippen molar-refractivity contribution in [1.82, 2.24) is 16.1 Å². The molecule has 0 radical (unpaired) electrons. The first-order chi connectivity index (χ1) is 15.0. The van der Waals surface area contributed by atoms with Gasteiger partial charge in [-0.05, 0) is 18.6 Å². The molecule has 0 spiro atoms. The van der Waals surface area contributed by atoms with E-state index in [1.165, 1.54) is 5.48 Å².